The molecule has 0 spiro atoms. The number of nitrogens with zero attached hydrogens (tertiary/aromatic N) is 1. The van der Waals surface area contributed by atoms with Gasteiger partial charge < -0.3 is 16.2 Å². The maximum atomic E-state index is 11.0. The highest BCUT2D eigenvalue weighted by Gasteiger charge is 2.13. The maximum absolute atomic E-state index is 11.0. The minimum absolute atomic E-state index is 0.107. The third-order valence-corrected chi connectivity index (χ3v) is 2.21. The number of amidine groups is 1. The number of primary amides is 1. The Labute approximate surface area is 86.6 Å². The first-order chi connectivity index (χ1) is 7.18. The van der Waals surface area contributed by atoms with Crippen LogP contribution in [0.4, 0.5) is 0 Å². The molecular weight excluding hydrogens is 194 g/mol. The average molecular weight is 205 g/mol. The summed E-state index contributed by atoms with van der Waals surface area (Å²) < 4.78 is 0. The summed E-state index contributed by atoms with van der Waals surface area (Å²) in [5, 5.41) is 12.5. The standard InChI is InChI=1S/C10H11N3O2/c11-9(15)7-5-6(1-2-8(7)14)10-12-3-4-13-10/h1-2,5,14H,3-4H2,(H2,11,15)(H,12,13). The molecule has 1 aromatic rings. The van der Waals surface area contributed by atoms with Gasteiger partial charge in [0.15, 0.2) is 0 Å². The van der Waals surface area contributed by atoms with Crippen LogP contribution in [0.1, 0.15) is 15.9 Å². The van der Waals surface area contributed by atoms with E-state index in [0.29, 0.717) is 0 Å². The van der Waals surface area contributed by atoms with Gasteiger partial charge in [0.25, 0.3) is 5.91 Å². The number of phenols is 1. The Bertz CT molecular complexity index is 440. The molecule has 0 radical (unpaired) electrons. The number of carbonyl (C=O) groups is 1. The van der Waals surface area contributed by atoms with E-state index in [1.165, 1.54) is 12.1 Å². The summed E-state index contributed by atoms with van der Waals surface area (Å²) in [5.41, 5.74) is 6.00. The number of aliphatic imine (C=N–C) groups is 1. The van der Waals surface area contributed by atoms with Crippen molar-refractivity contribution >= 4 is 11.7 Å². The number of hydrogen-bond acceptors (Lipinski definition) is 4. The summed E-state index contributed by atoms with van der Waals surface area (Å²) in [7, 11) is 0. The van der Waals surface area contributed by atoms with Gasteiger partial charge in [0.05, 0.1) is 12.1 Å². The lowest BCUT2D eigenvalue weighted by molar-refractivity contribution is 0.0998. The highest BCUT2D eigenvalue weighted by atomic mass is 16.3. The number of nitrogens with two attached hydrogens (primary N) is 1. The first-order valence-electron chi connectivity index (χ1n) is 4.60. The Morgan fingerprint density at radius 2 is 2.33 bits per heavy atom. The molecule has 5 nitrogen and oxygen atoms in total. The van der Waals surface area contributed by atoms with Crippen molar-refractivity contribution in [3.8, 4) is 5.75 Å². The Morgan fingerprint density at radius 1 is 1.53 bits per heavy atom. The molecule has 1 amide bonds. The largest absolute Gasteiger partial charge is 0.507 e. The fourth-order valence-electron chi connectivity index (χ4n) is 1.47. The number of benzene rings is 1. The van der Waals surface area contributed by atoms with E-state index in [2.05, 4.69) is 10.3 Å². The molecule has 0 atom stereocenters. The van der Waals surface area contributed by atoms with E-state index in [0.717, 1.165) is 24.5 Å². The third-order valence-electron chi connectivity index (χ3n) is 2.21. The molecule has 4 N–H and O–H groups in total. The molecular formula is C10H11N3O2. The first kappa shape index (κ1) is 9.51. The van der Waals surface area contributed by atoms with Crippen LogP contribution in [-0.4, -0.2) is 29.9 Å². The molecule has 1 aliphatic rings. The van der Waals surface area contributed by atoms with Gasteiger partial charge in [0, 0.05) is 12.1 Å². The van der Waals surface area contributed by atoms with Gasteiger partial charge in [-0.1, -0.05) is 0 Å². The molecule has 0 bridgehead atoms. The van der Waals surface area contributed by atoms with Crippen LogP contribution in [0.25, 0.3) is 0 Å². The van der Waals surface area contributed by atoms with Crippen LogP contribution in [0.15, 0.2) is 23.2 Å². The second kappa shape index (κ2) is 3.61. The lowest BCUT2D eigenvalue weighted by Gasteiger charge is -2.05. The molecule has 1 aromatic carbocycles. The van der Waals surface area contributed by atoms with Gasteiger partial charge in [-0.05, 0) is 18.2 Å². The predicted molar refractivity (Wildman–Crippen MR) is 56.0 cm³/mol. The molecule has 0 unspecified atom stereocenters. The van der Waals surface area contributed by atoms with Gasteiger partial charge in [-0.2, -0.15) is 0 Å². The van der Waals surface area contributed by atoms with Crippen LogP contribution < -0.4 is 11.1 Å². The zero-order valence-electron chi connectivity index (χ0n) is 8.03. The van der Waals surface area contributed by atoms with Crippen LogP contribution in [0.5, 0.6) is 5.75 Å². The van der Waals surface area contributed by atoms with Crippen molar-refractivity contribution in [3.05, 3.63) is 29.3 Å². The van der Waals surface area contributed by atoms with Gasteiger partial charge in [-0.3, -0.25) is 9.79 Å². The maximum Gasteiger partial charge on any atom is 0.252 e. The molecule has 0 aliphatic carbocycles. The van der Waals surface area contributed by atoms with E-state index in [4.69, 9.17) is 5.73 Å². The smallest absolute Gasteiger partial charge is 0.252 e. The van der Waals surface area contributed by atoms with Crippen LogP contribution in [-0.2, 0) is 0 Å². The summed E-state index contributed by atoms with van der Waals surface area (Å²) in [6.07, 6.45) is 0. The van der Waals surface area contributed by atoms with Gasteiger partial charge in [-0.15, -0.1) is 0 Å². The molecule has 15 heavy (non-hydrogen) atoms. The first-order valence-corrected chi connectivity index (χ1v) is 4.60. The topological polar surface area (TPSA) is 87.7 Å². The third kappa shape index (κ3) is 1.76. The zero-order valence-corrected chi connectivity index (χ0v) is 8.03. The van der Waals surface area contributed by atoms with Crippen molar-refractivity contribution in [2.24, 2.45) is 10.7 Å². The Morgan fingerprint density at radius 3 is 2.93 bits per heavy atom. The van der Waals surface area contributed by atoms with Crippen LogP contribution >= 0.6 is 0 Å². The van der Waals surface area contributed by atoms with Gasteiger partial charge in [0.2, 0.25) is 0 Å². The van der Waals surface area contributed by atoms with Gasteiger partial charge in [0.1, 0.15) is 11.6 Å². The van der Waals surface area contributed by atoms with Crippen LogP contribution in [0.2, 0.25) is 0 Å². The average Bonchev–Trinajstić information content (AvgIpc) is 2.71. The number of carbonyl (C=O) groups excluding carboxylic acids is 1. The minimum atomic E-state index is -0.645. The van der Waals surface area contributed by atoms with Gasteiger partial charge in [-0.25, -0.2) is 0 Å². The van der Waals surface area contributed by atoms with E-state index >= 15 is 0 Å². The number of hydrogen-bond donors (Lipinski definition) is 3. The predicted octanol–water partition coefficient (Wildman–Crippen LogP) is -0.159. The van der Waals surface area contributed by atoms with E-state index in [1.807, 2.05) is 0 Å². The number of aromatic hydroxyl groups is 1. The molecule has 78 valence electrons. The van der Waals surface area contributed by atoms with Gasteiger partial charge >= 0.3 is 0 Å². The lowest BCUT2D eigenvalue weighted by atomic mass is 10.1. The van der Waals surface area contributed by atoms with E-state index in [1.54, 1.807) is 6.07 Å². The molecule has 0 aromatic heterocycles. The summed E-state index contributed by atoms with van der Waals surface area (Å²) in [6, 6.07) is 4.67. The Hall–Kier alpha value is -2.04. The summed E-state index contributed by atoms with van der Waals surface area (Å²) in [4.78, 5) is 15.2. The van der Waals surface area contributed by atoms with Crippen molar-refractivity contribution in [3.63, 3.8) is 0 Å². The SMILES string of the molecule is NC(=O)c1cc(C2=NCCN2)ccc1O. The van der Waals surface area contributed by atoms with Crippen molar-refractivity contribution in [1.29, 1.82) is 0 Å². The number of amides is 1. The van der Waals surface area contributed by atoms with E-state index in [-0.39, 0.29) is 11.3 Å². The summed E-state index contributed by atoms with van der Waals surface area (Å²) >= 11 is 0. The van der Waals surface area contributed by atoms with Crippen molar-refractivity contribution < 1.29 is 9.90 Å². The normalized spacial score (nSPS) is 14.5. The summed E-state index contributed by atoms with van der Waals surface area (Å²) in [6.45, 7) is 1.52. The van der Waals surface area contributed by atoms with E-state index < -0.39 is 5.91 Å². The summed E-state index contributed by atoms with van der Waals surface area (Å²) in [5.74, 6) is -0.0182. The molecule has 0 fully saturated rings. The molecule has 0 saturated heterocycles. The molecule has 1 heterocycles. The van der Waals surface area contributed by atoms with Crippen molar-refractivity contribution in [2.45, 2.75) is 0 Å². The second-order valence-electron chi connectivity index (χ2n) is 3.25. The highest BCUT2D eigenvalue weighted by Crippen LogP contribution is 2.18. The monoisotopic (exact) mass is 205 g/mol. The quantitative estimate of drug-likeness (QED) is 0.627. The fourth-order valence-corrected chi connectivity index (χ4v) is 1.47. The Kier molecular flexibility index (Phi) is 2.29. The zero-order chi connectivity index (χ0) is 10.8. The second-order valence-corrected chi connectivity index (χ2v) is 3.25. The van der Waals surface area contributed by atoms with Crippen LogP contribution in [0, 0.1) is 0 Å². The molecule has 0 saturated carbocycles. The highest BCUT2D eigenvalue weighted by molar-refractivity contribution is 6.03. The van der Waals surface area contributed by atoms with Crippen molar-refractivity contribution in [2.75, 3.05) is 13.1 Å². The number of rotatable bonds is 2. The lowest BCUT2D eigenvalue weighted by Crippen LogP contribution is -2.20. The fraction of sp³-hybridized carbons (Fsp3) is 0.200. The molecule has 5 heteroatoms. The molecule has 1 aliphatic heterocycles. The van der Waals surface area contributed by atoms with E-state index in [9.17, 15) is 9.90 Å². The Balaban J connectivity index is 2.42. The number of nitrogens with one attached hydrogen (secondary N) is 1. The molecule has 2 rings (SSSR count). The van der Waals surface area contributed by atoms with Crippen LogP contribution in [0.3, 0.4) is 0 Å². The van der Waals surface area contributed by atoms with Crippen molar-refractivity contribution in [1.82, 2.24) is 5.32 Å². The minimum Gasteiger partial charge on any atom is -0.507 e.